The third-order valence-electron chi connectivity index (χ3n) is 3.90. The molecular formula is C16H23F3IN3O2. The van der Waals surface area contributed by atoms with E-state index in [1.807, 2.05) is 6.92 Å². The number of hydrogen-bond acceptors (Lipinski definition) is 3. The van der Waals surface area contributed by atoms with Crippen molar-refractivity contribution in [2.24, 2.45) is 16.1 Å². The molecule has 0 aromatic heterocycles. The summed E-state index contributed by atoms with van der Waals surface area (Å²) in [6.45, 7) is 3.84. The highest BCUT2D eigenvalue weighted by Gasteiger charge is 2.41. The first-order valence-corrected chi connectivity index (χ1v) is 7.83. The summed E-state index contributed by atoms with van der Waals surface area (Å²) in [5, 5.41) is 2.67. The molecule has 0 radical (unpaired) electrons. The summed E-state index contributed by atoms with van der Waals surface area (Å²) in [7, 11) is 0. The number of nitrogens with two attached hydrogens (primary N) is 1. The van der Waals surface area contributed by atoms with Crippen LogP contribution in [0.4, 0.5) is 18.9 Å². The lowest BCUT2D eigenvalue weighted by Gasteiger charge is -2.15. The van der Waals surface area contributed by atoms with Crippen LogP contribution in [-0.2, 0) is 4.74 Å². The van der Waals surface area contributed by atoms with Crippen molar-refractivity contribution in [3.8, 4) is 5.75 Å². The van der Waals surface area contributed by atoms with Crippen molar-refractivity contribution in [3.63, 3.8) is 0 Å². The minimum Gasteiger partial charge on any atom is -0.404 e. The Kier molecular flexibility index (Phi) is 8.26. The van der Waals surface area contributed by atoms with Crippen molar-refractivity contribution in [1.82, 2.24) is 0 Å². The highest BCUT2D eigenvalue weighted by molar-refractivity contribution is 14.0. The van der Waals surface area contributed by atoms with Gasteiger partial charge in [0.15, 0.2) is 11.7 Å². The first-order valence-electron chi connectivity index (χ1n) is 7.83. The number of alkyl halides is 3. The van der Waals surface area contributed by atoms with Gasteiger partial charge in [-0.1, -0.05) is 12.1 Å². The molecule has 9 heteroatoms. The molecule has 2 rings (SSSR count). The SMILES string of the molecule is CCOCCC1(CN=C(N)Nc2ccccc2OC(F)(F)F)CC1.I. The fraction of sp³-hybridized carbons (Fsp3) is 0.562. The zero-order valence-electron chi connectivity index (χ0n) is 13.9. The molecule has 0 unspecified atom stereocenters. The van der Waals surface area contributed by atoms with Crippen molar-refractivity contribution in [2.45, 2.75) is 32.5 Å². The van der Waals surface area contributed by atoms with Gasteiger partial charge in [-0.25, -0.2) is 0 Å². The van der Waals surface area contributed by atoms with E-state index in [-0.39, 0.29) is 46.8 Å². The van der Waals surface area contributed by atoms with E-state index in [1.165, 1.54) is 18.2 Å². The molecule has 1 saturated carbocycles. The smallest absolute Gasteiger partial charge is 0.404 e. The van der Waals surface area contributed by atoms with Gasteiger partial charge in [0.05, 0.1) is 5.69 Å². The van der Waals surface area contributed by atoms with Gasteiger partial charge in [-0.05, 0) is 43.7 Å². The zero-order chi connectivity index (χ0) is 17.6. The molecule has 0 heterocycles. The van der Waals surface area contributed by atoms with Gasteiger partial charge in [0.25, 0.3) is 0 Å². The van der Waals surface area contributed by atoms with E-state index in [1.54, 1.807) is 6.07 Å². The zero-order valence-corrected chi connectivity index (χ0v) is 16.3. The van der Waals surface area contributed by atoms with Gasteiger partial charge in [-0.2, -0.15) is 0 Å². The maximum Gasteiger partial charge on any atom is 0.573 e. The number of guanidine groups is 1. The molecule has 0 spiro atoms. The van der Waals surface area contributed by atoms with Gasteiger partial charge < -0.3 is 20.5 Å². The first kappa shape index (κ1) is 21.8. The second kappa shape index (κ2) is 9.46. The van der Waals surface area contributed by atoms with Gasteiger partial charge >= 0.3 is 6.36 Å². The summed E-state index contributed by atoms with van der Waals surface area (Å²) in [5.41, 5.74) is 6.03. The van der Waals surface area contributed by atoms with E-state index in [0.717, 1.165) is 19.3 Å². The second-order valence-electron chi connectivity index (χ2n) is 5.82. The summed E-state index contributed by atoms with van der Waals surface area (Å²) in [4.78, 5) is 4.26. The molecule has 25 heavy (non-hydrogen) atoms. The Morgan fingerprint density at radius 3 is 2.60 bits per heavy atom. The number of ether oxygens (including phenoxy) is 2. The Balaban J connectivity index is 0.00000312. The van der Waals surface area contributed by atoms with Crippen LogP contribution < -0.4 is 15.8 Å². The third-order valence-corrected chi connectivity index (χ3v) is 3.90. The Morgan fingerprint density at radius 1 is 1.32 bits per heavy atom. The van der Waals surface area contributed by atoms with Crippen LogP contribution in [0.3, 0.4) is 0 Å². The molecule has 3 N–H and O–H groups in total. The van der Waals surface area contributed by atoms with Crippen LogP contribution in [0.5, 0.6) is 5.75 Å². The van der Waals surface area contributed by atoms with Crippen molar-refractivity contribution in [1.29, 1.82) is 0 Å². The van der Waals surface area contributed by atoms with Crippen molar-refractivity contribution in [3.05, 3.63) is 24.3 Å². The molecule has 0 saturated heterocycles. The minimum atomic E-state index is -4.76. The highest BCUT2D eigenvalue weighted by Crippen LogP contribution is 2.49. The van der Waals surface area contributed by atoms with Crippen LogP contribution in [0, 0.1) is 5.41 Å². The van der Waals surface area contributed by atoms with Gasteiger partial charge in [0, 0.05) is 19.8 Å². The fourth-order valence-electron chi connectivity index (χ4n) is 2.31. The fourth-order valence-corrected chi connectivity index (χ4v) is 2.31. The number of halogens is 4. The van der Waals surface area contributed by atoms with Crippen molar-refractivity contribution < 1.29 is 22.6 Å². The molecule has 1 aliphatic rings. The predicted octanol–water partition coefficient (Wildman–Crippen LogP) is 4.14. The first-order chi connectivity index (χ1) is 11.3. The van der Waals surface area contributed by atoms with Crippen LogP contribution in [-0.4, -0.2) is 32.1 Å². The number of rotatable bonds is 8. The topological polar surface area (TPSA) is 68.9 Å². The Labute approximate surface area is 162 Å². The third kappa shape index (κ3) is 7.68. The number of hydrogen-bond donors (Lipinski definition) is 2. The Bertz CT molecular complexity index is 578. The van der Waals surface area contributed by atoms with E-state index in [4.69, 9.17) is 10.5 Å². The summed E-state index contributed by atoms with van der Waals surface area (Å²) in [5.74, 6) is -0.281. The maximum absolute atomic E-state index is 12.4. The van der Waals surface area contributed by atoms with Crippen LogP contribution in [0.2, 0.25) is 0 Å². The quantitative estimate of drug-likeness (QED) is 0.258. The van der Waals surface area contributed by atoms with Gasteiger partial charge in [-0.15, -0.1) is 37.1 Å². The van der Waals surface area contributed by atoms with E-state index in [9.17, 15) is 13.2 Å². The van der Waals surface area contributed by atoms with Gasteiger partial charge in [0.1, 0.15) is 0 Å². The number of aliphatic imine (C=N–C) groups is 1. The lowest BCUT2D eigenvalue weighted by Crippen LogP contribution is -2.25. The molecule has 0 atom stereocenters. The van der Waals surface area contributed by atoms with E-state index in [0.29, 0.717) is 19.8 Å². The molecule has 5 nitrogen and oxygen atoms in total. The Hall–Kier alpha value is -1.23. The normalized spacial score (nSPS) is 16.1. The largest absolute Gasteiger partial charge is 0.573 e. The van der Waals surface area contributed by atoms with Crippen molar-refractivity contribution >= 4 is 35.6 Å². The molecule has 1 aliphatic carbocycles. The number of nitrogens with zero attached hydrogens (tertiary/aromatic N) is 1. The molecule has 1 fully saturated rings. The van der Waals surface area contributed by atoms with Gasteiger partial charge in [0.2, 0.25) is 0 Å². The molecule has 0 bridgehead atoms. The van der Waals surface area contributed by atoms with Crippen LogP contribution in [0.1, 0.15) is 26.2 Å². The van der Waals surface area contributed by atoms with Crippen LogP contribution in [0.15, 0.2) is 29.3 Å². The Morgan fingerprint density at radius 2 is 2.00 bits per heavy atom. The van der Waals surface area contributed by atoms with Crippen LogP contribution in [0.25, 0.3) is 0 Å². The highest BCUT2D eigenvalue weighted by atomic mass is 127. The molecule has 1 aromatic carbocycles. The standard InChI is InChI=1S/C16H22F3N3O2.HI/c1-2-23-10-9-15(7-8-15)11-21-14(20)22-12-5-3-4-6-13(12)24-16(17,18)19;/h3-6H,2,7-11H2,1H3,(H3,20,21,22);1H. The molecule has 0 aliphatic heterocycles. The minimum absolute atomic E-state index is 0. The molecular weight excluding hydrogens is 450 g/mol. The lowest BCUT2D eigenvalue weighted by atomic mass is 10.0. The summed E-state index contributed by atoms with van der Waals surface area (Å²) < 4.78 is 46.5. The summed E-state index contributed by atoms with van der Waals surface area (Å²) in [6, 6.07) is 5.70. The average molecular weight is 473 g/mol. The summed E-state index contributed by atoms with van der Waals surface area (Å²) >= 11 is 0. The lowest BCUT2D eigenvalue weighted by molar-refractivity contribution is -0.274. The number of nitrogens with one attached hydrogen (secondary N) is 1. The molecule has 142 valence electrons. The molecule has 1 aromatic rings. The second-order valence-corrected chi connectivity index (χ2v) is 5.82. The number of benzene rings is 1. The van der Waals surface area contributed by atoms with E-state index in [2.05, 4.69) is 15.0 Å². The maximum atomic E-state index is 12.4. The molecule has 0 amide bonds. The number of para-hydroxylation sites is 2. The van der Waals surface area contributed by atoms with Crippen LogP contribution >= 0.6 is 24.0 Å². The van der Waals surface area contributed by atoms with E-state index >= 15 is 0 Å². The average Bonchev–Trinajstić information content (AvgIpc) is 3.27. The summed E-state index contributed by atoms with van der Waals surface area (Å²) in [6.07, 6.45) is -1.73. The number of anilines is 1. The predicted molar refractivity (Wildman–Crippen MR) is 101 cm³/mol. The van der Waals surface area contributed by atoms with Gasteiger partial charge in [-0.3, -0.25) is 4.99 Å². The monoisotopic (exact) mass is 473 g/mol. The van der Waals surface area contributed by atoms with E-state index < -0.39 is 6.36 Å². The van der Waals surface area contributed by atoms with Crippen molar-refractivity contribution in [2.75, 3.05) is 25.1 Å².